The van der Waals surface area contributed by atoms with Crippen molar-refractivity contribution in [3.05, 3.63) is 107 Å². The van der Waals surface area contributed by atoms with Crippen LogP contribution in [-0.2, 0) is 0 Å². The highest BCUT2D eigenvalue weighted by Gasteiger charge is 2.42. The molecule has 1 fully saturated rings. The Bertz CT molecular complexity index is 1250. The molecule has 0 saturated carbocycles. The Kier molecular flexibility index (Phi) is 5.23. The fourth-order valence-electron chi connectivity index (χ4n) is 4.65. The van der Waals surface area contributed by atoms with Crippen molar-refractivity contribution in [2.45, 2.75) is 32.9 Å². The Morgan fingerprint density at radius 1 is 0.875 bits per heavy atom. The molecule has 1 aromatic carbocycles. The van der Waals surface area contributed by atoms with Crippen molar-refractivity contribution in [2.75, 3.05) is 4.90 Å². The molecule has 0 spiro atoms. The van der Waals surface area contributed by atoms with Gasteiger partial charge in [-0.05, 0) is 92.6 Å². The highest BCUT2D eigenvalue weighted by atomic mass is 32.1. The summed E-state index contributed by atoms with van der Waals surface area (Å²) in [5, 5.41) is 4.26. The van der Waals surface area contributed by atoms with E-state index in [4.69, 9.17) is 12.2 Å². The highest BCUT2D eigenvalue weighted by molar-refractivity contribution is 7.80. The lowest BCUT2D eigenvalue weighted by molar-refractivity contribution is 0.548. The van der Waals surface area contributed by atoms with Crippen LogP contribution in [0.1, 0.15) is 40.3 Å². The molecule has 5 rings (SSSR count). The second-order valence-corrected chi connectivity index (χ2v) is 8.68. The lowest BCUT2D eigenvalue weighted by atomic mass is 10.00. The minimum absolute atomic E-state index is 0.0764. The van der Waals surface area contributed by atoms with Crippen LogP contribution >= 0.6 is 12.2 Å². The van der Waals surface area contributed by atoms with E-state index in [1.54, 1.807) is 6.20 Å². The first-order chi connectivity index (χ1) is 15.5. The maximum Gasteiger partial charge on any atom is 0.174 e. The van der Waals surface area contributed by atoms with Crippen LogP contribution in [0.25, 0.3) is 5.69 Å². The summed E-state index contributed by atoms with van der Waals surface area (Å²) in [5.74, 6) is 0. The molecule has 3 aromatic heterocycles. The maximum absolute atomic E-state index is 5.90. The van der Waals surface area contributed by atoms with E-state index in [9.17, 15) is 0 Å². The highest BCUT2D eigenvalue weighted by Crippen LogP contribution is 2.43. The number of aryl methyl sites for hydroxylation is 3. The third-order valence-electron chi connectivity index (χ3n) is 5.90. The summed E-state index contributed by atoms with van der Waals surface area (Å²) in [4.78, 5) is 11.3. The molecule has 1 aliphatic rings. The quantitative estimate of drug-likeness (QED) is 0.433. The number of nitrogens with zero attached hydrogens (tertiary/aromatic N) is 4. The first kappa shape index (κ1) is 20.4. The van der Waals surface area contributed by atoms with E-state index in [0.29, 0.717) is 5.11 Å². The van der Waals surface area contributed by atoms with Gasteiger partial charge < -0.3 is 14.8 Å². The summed E-state index contributed by atoms with van der Waals surface area (Å²) in [7, 11) is 0. The zero-order chi connectivity index (χ0) is 22.2. The van der Waals surface area contributed by atoms with Crippen molar-refractivity contribution in [2.24, 2.45) is 0 Å². The van der Waals surface area contributed by atoms with E-state index in [1.807, 2.05) is 30.6 Å². The molecule has 0 aliphatic carbocycles. The first-order valence-electron chi connectivity index (χ1n) is 10.7. The fraction of sp³-hybridized carbons (Fsp3) is 0.192. The molecular weight excluding hydrogens is 414 g/mol. The zero-order valence-corrected chi connectivity index (χ0v) is 19.2. The van der Waals surface area contributed by atoms with Crippen molar-refractivity contribution < 1.29 is 0 Å². The smallest absolute Gasteiger partial charge is 0.174 e. The lowest BCUT2D eigenvalue weighted by Gasteiger charge is -2.29. The van der Waals surface area contributed by atoms with Gasteiger partial charge in [-0.25, -0.2) is 0 Å². The Balaban J connectivity index is 1.72. The third kappa shape index (κ3) is 3.56. The fourth-order valence-corrected chi connectivity index (χ4v) is 5.00. The summed E-state index contributed by atoms with van der Waals surface area (Å²) in [5.41, 5.74) is 7.78. The molecule has 1 aliphatic heterocycles. The molecule has 4 heterocycles. The number of anilines is 1. The van der Waals surface area contributed by atoms with Crippen LogP contribution in [0.2, 0.25) is 0 Å². The Morgan fingerprint density at radius 3 is 2.38 bits per heavy atom. The average molecular weight is 440 g/mol. The van der Waals surface area contributed by atoms with E-state index in [2.05, 4.69) is 88.0 Å². The van der Waals surface area contributed by atoms with Crippen molar-refractivity contribution in [3.8, 4) is 5.69 Å². The van der Waals surface area contributed by atoms with Crippen LogP contribution in [0.3, 0.4) is 0 Å². The van der Waals surface area contributed by atoms with Crippen molar-refractivity contribution in [3.63, 3.8) is 0 Å². The second kappa shape index (κ2) is 8.20. The van der Waals surface area contributed by atoms with Crippen LogP contribution in [-0.4, -0.2) is 19.6 Å². The van der Waals surface area contributed by atoms with Crippen molar-refractivity contribution >= 4 is 23.0 Å². The largest absolute Gasteiger partial charge is 0.351 e. The number of rotatable bonds is 4. The van der Waals surface area contributed by atoms with Gasteiger partial charge in [0.2, 0.25) is 0 Å². The topological polar surface area (TPSA) is 46.0 Å². The van der Waals surface area contributed by atoms with Crippen molar-refractivity contribution in [1.29, 1.82) is 0 Å². The third-order valence-corrected chi connectivity index (χ3v) is 6.21. The second-order valence-electron chi connectivity index (χ2n) is 8.29. The molecule has 0 radical (unpaired) electrons. The van der Waals surface area contributed by atoms with Gasteiger partial charge in [-0.1, -0.05) is 12.1 Å². The molecule has 0 bridgehead atoms. The minimum Gasteiger partial charge on any atom is -0.351 e. The molecule has 6 heteroatoms. The number of hydrogen-bond acceptors (Lipinski definition) is 3. The molecule has 2 atom stereocenters. The zero-order valence-electron chi connectivity index (χ0n) is 18.4. The molecule has 1 N–H and O–H groups in total. The minimum atomic E-state index is -0.0887. The maximum atomic E-state index is 5.90. The van der Waals surface area contributed by atoms with Gasteiger partial charge in [-0.3, -0.25) is 9.97 Å². The van der Waals surface area contributed by atoms with Gasteiger partial charge in [0.1, 0.15) is 6.04 Å². The molecular formula is C26H25N5S. The molecule has 4 aromatic rings. The van der Waals surface area contributed by atoms with Crippen LogP contribution in [0.4, 0.5) is 5.69 Å². The number of thiocarbonyl (C=S) groups is 1. The molecule has 5 nitrogen and oxygen atoms in total. The van der Waals surface area contributed by atoms with Gasteiger partial charge >= 0.3 is 0 Å². The lowest BCUT2D eigenvalue weighted by Crippen LogP contribution is -2.30. The summed E-state index contributed by atoms with van der Waals surface area (Å²) in [6.45, 7) is 6.36. The van der Waals surface area contributed by atoms with E-state index < -0.39 is 0 Å². The van der Waals surface area contributed by atoms with Crippen LogP contribution in [0.15, 0.2) is 79.3 Å². The van der Waals surface area contributed by atoms with Crippen LogP contribution < -0.4 is 10.2 Å². The van der Waals surface area contributed by atoms with Gasteiger partial charge in [0.05, 0.1) is 23.6 Å². The predicted molar refractivity (Wildman–Crippen MR) is 132 cm³/mol. The summed E-state index contributed by atoms with van der Waals surface area (Å²) in [6.07, 6.45) is 5.53. The van der Waals surface area contributed by atoms with E-state index in [1.165, 1.54) is 11.1 Å². The van der Waals surface area contributed by atoms with Gasteiger partial charge in [0.15, 0.2) is 5.11 Å². The number of pyridine rings is 2. The number of aromatic nitrogens is 3. The average Bonchev–Trinajstić information content (AvgIpc) is 3.33. The SMILES string of the molecule is Cc1cc(C)cc(N2C(=S)N[C@@H](c3ccccn3)[C@H]2c2ccc(C)n2-c2cccnc2)c1. The molecule has 32 heavy (non-hydrogen) atoms. The first-order valence-corrected chi connectivity index (χ1v) is 11.1. The van der Waals surface area contributed by atoms with Crippen molar-refractivity contribution in [1.82, 2.24) is 19.9 Å². The van der Waals surface area contributed by atoms with E-state index >= 15 is 0 Å². The molecule has 0 unspecified atom stereocenters. The molecule has 0 amide bonds. The number of benzene rings is 1. The van der Waals surface area contributed by atoms with Gasteiger partial charge in [0.25, 0.3) is 0 Å². The Labute approximate surface area is 193 Å². The van der Waals surface area contributed by atoms with E-state index in [0.717, 1.165) is 28.5 Å². The number of nitrogens with one attached hydrogen (secondary N) is 1. The van der Waals surface area contributed by atoms with Gasteiger partial charge in [-0.2, -0.15) is 0 Å². The summed E-state index contributed by atoms with van der Waals surface area (Å²) < 4.78 is 2.26. The summed E-state index contributed by atoms with van der Waals surface area (Å²) >= 11 is 5.90. The predicted octanol–water partition coefficient (Wildman–Crippen LogP) is 5.37. The van der Waals surface area contributed by atoms with Gasteiger partial charge in [-0.15, -0.1) is 0 Å². The Hall–Kier alpha value is -3.51. The Morgan fingerprint density at radius 2 is 1.69 bits per heavy atom. The van der Waals surface area contributed by atoms with Crippen LogP contribution in [0.5, 0.6) is 0 Å². The van der Waals surface area contributed by atoms with Gasteiger partial charge in [0, 0.05) is 29.5 Å². The summed E-state index contributed by atoms with van der Waals surface area (Å²) in [6, 6.07) is 20.8. The van der Waals surface area contributed by atoms with Crippen LogP contribution in [0, 0.1) is 20.8 Å². The number of hydrogen-bond donors (Lipinski definition) is 1. The van der Waals surface area contributed by atoms with E-state index in [-0.39, 0.29) is 12.1 Å². The molecule has 1 saturated heterocycles. The normalized spacial score (nSPS) is 18.1. The standard InChI is InChI=1S/C26H25N5S/c1-17-13-18(2)15-21(14-17)31-25(24(29-26(31)32)22-8-4-5-12-28-22)23-10-9-19(3)30(23)20-7-6-11-27-16-20/h4-16,24-25H,1-3H3,(H,29,32)/t24-,25+/m0/s1. The monoisotopic (exact) mass is 439 g/mol. The molecule has 160 valence electrons.